The van der Waals surface area contributed by atoms with Crippen molar-refractivity contribution < 1.29 is 4.74 Å². The van der Waals surface area contributed by atoms with E-state index >= 15 is 0 Å². The first-order chi connectivity index (χ1) is 8.40. The molecule has 1 saturated heterocycles. The molecular weight excluding hydrogens is 214 g/mol. The Hall–Kier alpha value is -0.870. The maximum absolute atomic E-state index is 5.68. The standard InChI is InChI=1S/C13H23N3O/c1-2-13-12(4-9-17-13)10-14-5-3-7-16-8-6-15-11-16/h6,8,11-14H,2-5,7,9-10H2,1H3. The largest absolute Gasteiger partial charge is 0.378 e. The third kappa shape index (κ3) is 3.82. The highest BCUT2D eigenvalue weighted by Crippen LogP contribution is 2.22. The third-order valence-electron chi connectivity index (χ3n) is 3.48. The molecule has 0 saturated carbocycles. The predicted octanol–water partition coefficient (Wildman–Crippen LogP) is 1.68. The number of hydrogen-bond acceptors (Lipinski definition) is 3. The summed E-state index contributed by atoms with van der Waals surface area (Å²) in [7, 11) is 0. The lowest BCUT2D eigenvalue weighted by Crippen LogP contribution is -2.29. The van der Waals surface area contributed by atoms with Gasteiger partial charge in [-0.3, -0.25) is 0 Å². The highest BCUT2D eigenvalue weighted by Gasteiger charge is 2.25. The maximum Gasteiger partial charge on any atom is 0.0945 e. The quantitative estimate of drug-likeness (QED) is 0.733. The molecule has 1 aromatic heterocycles. The molecule has 1 aromatic rings. The van der Waals surface area contributed by atoms with Gasteiger partial charge in [0.25, 0.3) is 0 Å². The van der Waals surface area contributed by atoms with Crippen molar-refractivity contribution in [1.82, 2.24) is 14.9 Å². The van der Waals surface area contributed by atoms with E-state index in [4.69, 9.17) is 4.74 Å². The molecule has 2 unspecified atom stereocenters. The van der Waals surface area contributed by atoms with Gasteiger partial charge in [0.1, 0.15) is 0 Å². The van der Waals surface area contributed by atoms with Crippen LogP contribution in [0.25, 0.3) is 0 Å². The average Bonchev–Trinajstić information content (AvgIpc) is 2.98. The van der Waals surface area contributed by atoms with Crippen molar-refractivity contribution in [3.63, 3.8) is 0 Å². The average molecular weight is 237 g/mol. The summed E-state index contributed by atoms with van der Waals surface area (Å²) in [5, 5.41) is 3.54. The van der Waals surface area contributed by atoms with E-state index < -0.39 is 0 Å². The van der Waals surface area contributed by atoms with Crippen LogP contribution >= 0.6 is 0 Å². The van der Waals surface area contributed by atoms with E-state index in [0.717, 1.165) is 39.1 Å². The van der Waals surface area contributed by atoms with E-state index in [1.807, 2.05) is 18.7 Å². The second-order valence-electron chi connectivity index (χ2n) is 4.72. The SMILES string of the molecule is CCC1OCCC1CNCCCn1ccnc1. The Morgan fingerprint density at radius 3 is 3.24 bits per heavy atom. The van der Waals surface area contributed by atoms with Gasteiger partial charge in [-0.05, 0) is 31.7 Å². The Morgan fingerprint density at radius 2 is 2.47 bits per heavy atom. The summed E-state index contributed by atoms with van der Waals surface area (Å²) >= 11 is 0. The number of hydrogen-bond donors (Lipinski definition) is 1. The number of imidazole rings is 1. The fourth-order valence-corrected chi connectivity index (χ4v) is 2.47. The lowest BCUT2D eigenvalue weighted by atomic mass is 10.00. The molecule has 96 valence electrons. The minimum Gasteiger partial charge on any atom is -0.378 e. The molecular formula is C13H23N3O. The van der Waals surface area contributed by atoms with Gasteiger partial charge in [0.15, 0.2) is 0 Å². The van der Waals surface area contributed by atoms with E-state index in [-0.39, 0.29) is 0 Å². The van der Waals surface area contributed by atoms with E-state index in [2.05, 4.69) is 21.8 Å². The number of nitrogens with zero attached hydrogens (tertiary/aromatic N) is 2. The molecule has 4 nitrogen and oxygen atoms in total. The molecule has 1 N–H and O–H groups in total. The molecule has 0 radical (unpaired) electrons. The molecule has 0 aliphatic carbocycles. The number of aromatic nitrogens is 2. The second-order valence-corrected chi connectivity index (χ2v) is 4.72. The smallest absolute Gasteiger partial charge is 0.0945 e. The van der Waals surface area contributed by atoms with E-state index in [1.165, 1.54) is 6.42 Å². The van der Waals surface area contributed by atoms with Crippen LogP contribution in [0.1, 0.15) is 26.2 Å². The molecule has 17 heavy (non-hydrogen) atoms. The van der Waals surface area contributed by atoms with Crippen LogP contribution in [0.4, 0.5) is 0 Å². The van der Waals surface area contributed by atoms with Gasteiger partial charge in [0.05, 0.1) is 12.4 Å². The maximum atomic E-state index is 5.68. The van der Waals surface area contributed by atoms with Gasteiger partial charge in [-0.25, -0.2) is 4.98 Å². The van der Waals surface area contributed by atoms with Gasteiger partial charge in [-0.1, -0.05) is 6.92 Å². The van der Waals surface area contributed by atoms with Crippen LogP contribution in [0, 0.1) is 5.92 Å². The Bertz CT molecular complexity index is 300. The summed E-state index contributed by atoms with van der Waals surface area (Å²) in [5.41, 5.74) is 0. The second kappa shape index (κ2) is 6.77. The van der Waals surface area contributed by atoms with Crippen molar-refractivity contribution in [3.05, 3.63) is 18.7 Å². The predicted molar refractivity (Wildman–Crippen MR) is 67.9 cm³/mol. The van der Waals surface area contributed by atoms with Crippen LogP contribution in [-0.2, 0) is 11.3 Å². The molecule has 2 atom stereocenters. The molecule has 0 aromatic carbocycles. The van der Waals surface area contributed by atoms with Crippen molar-refractivity contribution in [2.45, 2.75) is 38.8 Å². The summed E-state index contributed by atoms with van der Waals surface area (Å²) in [6.07, 6.45) is 9.70. The Morgan fingerprint density at radius 1 is 1.53 bits per heavy atom. The van der Waals surface area contributed by atoms with Crippen LogP contribution in [0.5, 0.6) is 0 Å². The van der Waals surface area contributed by atoms with Gasteiger partial charge in [0.2, 0.25) is 0 Å². The lowest BCUT2D eigenvalue weighted by Gasteiger charge is -2.17. The lowest BCUT2D eigenvalue weighted by molar-refractivity contribution is 0.0873. The summed E-state index contributed by atoms with van der Waals surface area (Å²) in [4.78, 5) is 4.03. The van der Waals surface area contributed by atoms with Crippen molar-refractivity contribution in [2.75, 3.05) is 19.7 Å². The van der Waals surface area contributed by atoms with Gasteiger partial charge >= 0.3 is 0 Å². The van der Waals surface area contributed by atoms with Gasteiger partial charge in [-0.15, -0.1) is 0 Å². The topological polar surface area (TPSA) is 39.1 Å². The summed E-state index contributed by atoms with van der Waals surface area (Å²) in [6, 6.07) is 0. The third-order valence-corrected chi connectivity index (χ3v) is 3.48. The highest BCUT2D eigenvalue weighted by atomic mass is 16.5. The molecule has 4 heteroatoms. The minimum atomic E-state index is 0.483. The van der Waals surface area contributed by atoms with Crippen molar-refractivity contribution in [1.29, 1.82) is 0 Å². The molecule has 1 aliphatic rings. The van der Waals surface area contributed by atoms with Crippen LogP contribution < -0.4 is 5.32 Å². The first-order valence-corrected chi connectivity index (χ1v) is 6.68. The van der Waals surface area contributed by atoms with Crippen molar-refractivity contribution in [2.24, 2.45) is 5.92 Å². The van der Waals surface area contributed by atoms with Crippen LogP contribution in [-0.4, -0.2) is 35.4 Å². The minimum absolute atomic E-state index is 0.483. The number of nitrogens with one attached hydrogen (secondary N) is 1. The zero-order chi connectivity index (χ0) is 11.9. The fraction of sp³-hybridized carbons (Fsp3) is 0.769. The Labute approximate surface area is 103 Å². The van der Waals surface area contributed by atoms with Crippen LogP contribution in [0.2, 0.25) is 0 Å². The summed E-state index contributed by atoms with van der Waals surface area (Å²) < 4.78 is 7.80. The first kappa shape index (κ1) is 12.6. The Balaban J connectivity index is 1.54. The molecule has 0 spiro atoms. The van der Waals surface area contributed by atoms with E-state index in [9.17, 15) is 0 Å². The van der Waals surface area contributed by atoms with Crippen LogP contribution in [0.15, 0.2) is 18.7 Å². The Kier molecular flexibility index (Phi) is 5.01. The van der Waals surface area contributed by atoms with Crippen molar-refractivity contribution in [3.8, 4) is 0 Å². The van der Waals surface area contributed by atoms with Crippen molar-refractivity contribution >= 4 is 0 Å². The van der Waals surface area contributed by atoms with Gasteiger partial charge in [0, 0.05) is 32.1 Å². The number of rotatable bonds is 7. The summed E-state index contributed by atoms with van der Waals surface area (Å²) in [5.74, 6) is 0.716. The molecule has 0 bridgehead atoms. The number of aryl methyl sites for hydroxylation is 1. The van der Waals surface area contributed by atoms with Gasteiger partial charge < -0.3 is 14.6 Å². The molecule has 0 amide bonds. The first-order valence-electron chi connectivity index (χ1n) is 6.68. The van der Waals surface area contributed by atoms with Crippen LogP contribution in [0.3, 0.4) is 0 Å². The molecule has 1 aliphatic heterocycles. The van der Waals surface area contributed by atoms with Gasteiger partial charge in [-0.2, -0.15) is 0 Å². The normalized spacial score (nSPS) is 24.3. The highest BCUT2D eigenvalue weighted by molar-refractivity contribution is 4.77. The van der Waals surface area contributed by atoms with E-state index in [1.54, 1.807) is 0 Å². The monoisotopic (exact) mass is 237 g/mol. The number of ether oxygens (including phenoxy) is 1. The molecule has 2 heterocycles. The zero-order valence-corrected chi connectivity index (χ0v) is 10.6. The van der Waals surface area contributed by atoms with E-state index in [0.29, 0.717) is 12.0 Å². The molecule has 2 rings (SSSR count). The summed E-state index contributed by atoms with van der Waals surface area (Å²) in [6.45, 7) is 6.38. The zero-order valence-electron chi connectivity index (χ0n) is 10.6. The fourth-order valence-electron chi connectivity index (χ4n) is 2.47. The molecule has 1 fully saturated rings.